The van der Waals surface area contributed by atoms with E-state index in [0.717, 1.165) is 40.2 Å². The molecule has 2 aromatic carbocycles. The molecule has 6 rings (SSSR count). The van der Waals surface area contributed by atoms with Crippen molar-refractivity contribution >= 4 is 27.9 Å². The van der Waals surface area contributed by atoms with Crippen LogP contribution in [0.15, 0.2) is 79.5 Å². The zero-order valence-electron chi connectivity index (χ0n) is 19.1. The van der Waals surface area contributed by atoms with Crippen LogP contribution in [0.2, 0.25) is 0 Å². The lowest BCUT2D eigenvalue weighted by molar-refractivity contribution is 0.333. The maximum Gasteiger partial charge on any atom is 0.156 e. The first-order valence-corrected chi connectivity index (χ1v) is 12.0. The predicted octanol–water partition coefficient (Wildman–Crippen LogP) is 5.92. The molecule has 0 atom stereocenters. The van der Waals surface area contributed by atoms with E-state index in [2.05, 4.69) is 69.9 Å². The standard InChI is InChI=1S/C28H28N6/c29-16-19-6-8-20(9-7-19)24-14-22-10-11-23(32-28-26-17-30-18-34(26)13-12-31-28)15-25(22)33-27(24)21-4-2-1-3-5-21/h1-5,10-15,17-20H,6-9,16,29H2,(H,31,32). The Bertz CT molecular complexity index is 1430. The quantitative estimate of drug-likeness (QED) is 0.349. The number of nitrogens with zero attached hydrogens (tertiary/aromatic N) is 4. The highest BCUT2D eigenvalue weighted by atomic mass is 15.1. The van der Waals surface area contributed by atoms with Crippen LogP contribution in [0.25, 0.3) is 27.7 Å². The lowest BCUT2D eigenvalue weighted by Gasteiger charge is -2.29. The van der Waals surface area contributed by atoms with Gasteiger partial charge in [0, 0.05) is 29.0 Å². The van der Waals surface area contributed by atoms with Crippen LogP contribution in [0.1, 0.15) is 37.2 Å². The first kappa shape index (κ1) is 20.8. The summed E-state index contributed by atoms with van der Waals surface area (Å²) in [6.07, 6.45) is 12.0. The van der Waals surface area contributed by atoms with Gasteiger partial charge in [-0.1, -0.05) is 36.4 Å². The van der Waals surface area contributed by atoms with Crippen molar-refractivity contribution in [2.75, 3.05) is 11.9 Å². The third kappa shape index (κ3) is 3.90. The fourth-order valence-electron chi connectivity index (χ4n) is 5.19. The van der Waals surface area contributed by atoms with E-state index >= 15 is 0 Å². The van der Waals surface area contributed by atoms with E-state index < -0.39 is 0 Å². The molecule has 1 aliphatic rings. The van der Waals surface area contributed by atoms with Gasteiger partial charge in [0.15, 0.2) is 5.82 Å². The minimum atomic E-state index is 0.524. The number of fused-ring (bicyclic) bond motifs is 2. The Labute approximate surface area is 198 Å². The molecule has 3 heterocycles. The number of aromatic nitrogens is 4. The van der Waals surface area contributed by atoms with Crippen molar-refractivity contribution < 1.29 is 0 Å². The lowest BCUT2D eigenvalue weighted by atomic mass is 9.77. The highest BCUT2D eigenvalue weighted by molar-refractivity contribution is 5.87. The highest BCUT2D eigenvalue weighted by Crippen LogP contribution is 2.40. The van der Waals surface area contributed by atoms with E-state index in [-0.39, 0.29) is 0 Å². The van der Waals surface area contributed by atoms with Gasteiger partial charge in [0.05, 0.1) is 23.7 Å². The Balaban J connectivity index is 1.40. The second-order valence-corrected chi connectivity index (χ2v) is 9.24. The number of rotatable bonds is 5. The Kier molecular flexibility index (Phi) is 5.43. The molecule has 0 saturated heterocycles. The topological polar surface area (TPSA) is 81.1 Å². The van der Waals surface area contributed by atoms with Gasteiger partial charge >= 0.3 is 0 Å². The van der Waals surface area contributed by atoms with E-state index in [1.54, 1.807) is 12.5 Å². The average molecular weight is 449 g/mol. The summed E-state index contributed by atoms with van der Waals surface area (Å²) < 4.78 is 1.95. The van der Waals surface area contributed by atoms with Crippen molar-refractivity contribution in [2.24, 2.45) is 11.7 Å². The average Bonchev–Trinajstić information content (AvgIpc) is 3.39. The summed E-state index contributed by atoms with van der Waals surface area (Å²) in [4.78, 5) is 13.9. The normalized spacial score (nSPS) is 18.4. The van der Waals surface area contributed by atoms with Gasteiger partial charge in [0.25, 0.3) is 0 Å². The van der Waals surface area contributed by atoms with Crippen molar-refractivity contribution in [2.45, 2.75) is 31.6 Å². The third-order valence-corrected chi connectivity index (χ3v) is 7.12. The highest BCUT2D eigenvalue weighted by Gasteiger charge is 2.25. The molecule has 0 unspecified atom stereocenters. The molecule has 170 valence electrons. The van der Waals surface area contributed by atoms with Crippen LogP contribution in [0.3, 0.4) is 0 Å². The SMILES string of the molecule is NCC1CCC(c2cc3ccc(Nc4nccn5cncc45)cc3nc2-c2ccccc2)CC1. The minimum Gasteiger partial charge on any atom is -0.338 e. The second kappa shape index (κ2) is 8.88. The van der Waals surface area contributed by atoms with Crippen LogP contribution in [0.5, 0.6) is 0 Å². The summed E-state index contributed by atoms with van der Waals surface area (Å²) >= 11 is 0. The van der Waals surface area contributed by atoms with Crippen LogP contribution in [-0.2, 0) is 0 Å². The summed E-state index contributed by atoms with van der Waals surface area (Å²) in [7, 11) is 0. The van der Waals surface area contributed by atoms with Crippen LogP contribution in [0.4, 0.5) is 11.5 Å². The molecule has 0 bridgehead atoms. The van der Waals surface area contributed by atoms with Crippen molar-refractivity contribution in [3.05, 3.63) is 85.1 Å². The van der Waals surface area contributed by atoms with E-state index in [1.807, 2.05) is 16.8 Å². The van der Waals surface area contributed by atoms with Crippen LogP contribution < -0.4 is 11.1 Å². The predicted molar refractivity (Wildman–Crippen MR) is 137 cm³/mol. The molecular formula is C28H28N6. The molecule has 3 aromatic heterocycles. The van der Waals surface area contributed by atoms with Gasteiger partial charge in [-0.15, -0.1) is 0 Å². The number of anilines is 2. The Morgan fingerprint density at radius 1 is 1.00 bits per heavy atom. The number of hydrogen-bond donors (Lipinski definition) is 2. The Hall–Kier alpha value is -3.77. The number of pyridine rings is 1. The summed E-state index contributed by atoms with van der Waals surface area (Å²) in [5.41, 5.74) is 12.4. The summed E-state index contributed by atoms with van der Waals surface area (Å²) in [6.45, 7) is 0.798. The molecule has 6 heteroatoms. The first-order chi connectivity index (χ1) is 16.8. The first-order valence-electron chi connectivity index (χ1n) is 12.0. The summed E-state index contributed by atoms with van der Waals surface area (Å²) in [5, 5.41) is 4.61. The maximum absolute atomic E-state index is 5.95. The van der Waals surface area contributed by atoms with E-state index in [9.17, 15) is 0 Å². The van der Waals surface area contributed by atoms with Crippen molar-refractivity contribution in [3.8, 4) is 11.3 Å². The molecule has 1 fully saturated rings. The molecule has 34 heavy (non-hydrogen) atoms. The van der Waals surface area contributed by atoms with E-state index in [4.69, 9.17) is 10.7 Å². The molecule has 5 aromatic rings. The Morgan fingerprint density at radius 3 is 2.68 bits per heavy atom. The summed E-state index contributed by atoms with van der Waals surface area (Å²) in [5.74, 6) is 1.96. The monoisotopic (exact) mass is 448 g/mol. The molecule has 1 saturated carbocycles. The van der Waals surface area contributed by atoms with Crippen LogP contribution in [-0.4, -0.2) is 25.9 Å². The number of hydrogen-bond acceptors (Lipinski definition) is 5. The maximum atomic E-state index is 5.95. The molecule has 0 spiro atoms. The van der Waals surface area contributed by atoms with Crippen LogP contribution >= 0.6 is 0 Å². The van der Waals surface area contributed by atoms with Crippen molar-refractivity contribution in [3.63, 3.8) is 0 Å². The van der Waals surface area contributed by atoms with E-state index in [1.165, 1.54) is 36.8 Å². The van der Waals surface area contributed by atoms with Gasteiger partial charge in [0.2, 0.25) is 0 Å². The second-order valence-electron chi connectivity index (χ2n) is 9.24. The zero-order valence-corrected chi connectivity index (χ0v) is 19.1. The molecule has 1 aliphatic carbocycles. The molecule has 0 aliphatic heterocycles. The van der Waals surface area contributed by atoms with Gasteiger partial charge in [0.1, 0.15) is 5.52 Å². The smallest absolute Gasteiger partial charge is 0.156 e. The fraction of sp³-hybridized carbons (Fsp3) is 0.250. The number of nitrogens with one attached hydrogen (secondary N) is 1. The third-order valence-electron chi connectivity index (χ3n) is 7.12. The molecule has 0 amide bonds. The van der Waals surface area contributed by atoms with Gasteiger partial charge in [-0.2, -0.15) is 0 Å². The molecular weight excluding hydrogens is 420 g/mol. The number of nitrogens with two attached hydrogens (primary N) is 1. The fourth-order valence-corrected chi connectivity index (χ4v) is 5.19. The largest absolute Gasteiger partial charge is 0.338 e. The van der Waals surface area contributed by atoms with Gasteiger partial charge in [-0.25, -0.2) is 15.0 Å². The lowest BCUT2D eigenvalue weighted by Crippen LogP contribution is -2.21. The van der Waals surface area contributed by atoms with Gasteiger partial charge in [-0.05, 0) is 67.8 Å². The summed E-state index contributed by atoms with van der Waals surface area (Å²) in [6, 6.07) is 19.3. The van der Waals surface area contributed by atoms with Crippen LogP contribution in [0, 0.1) is 5.92 Å². The van der Waals surface area contributed by atoms with E-state index in [0.29, 0.717) is 11.8 Å². The number of imidazole rings is 1. The van der Waals surface area contributed by atoms with Crippen molar-refractivity contribution in [1.29, 1.82) is 0 Å². The zero-order chi connectivity index (χ0) is 22.9. The van der Waals surface area contributed by atoms with Gasteiger partial charge in [-0.3, -0.25) is 0 Å². The number of benzene rings is 2. The molecule has 6 nitrogen and oxygen atoms in total. The molecule has 0 radical (unpaired) electrons. The minimum absolute atomic E-state index is 0.524. The Morgan fingerprint density at radius 2 is 1.85 bits per heavy atom. The van der Waals surface area contributed by atoms with Gasteiger partial charge < -0.3 is 15.5 Å². The van der Waals surface area contributed by atoms with Crippen molar-refractivity contribution in [1.82, 2.24) is 19.4 Å². The molecule has 3 N–H and O–H groups in total.